The molecule has 1 fully saturated rings. The van der Waals surface area contributed by atoms with E-state index in [0.29, 0.717) is 34.4 Å². The molecule has 5 rings (SSSR count). The van der Waals surface area contributed by atoms with Crippen LogP contribution in [0.4, 0.5) is 15.8 Å². The van der Waals surface area contributed by atoms with Crippen LogP contribution in [0.1, 0.15) is 51.2 Å². The molecule has 1 aliphatic heterocycles. The summed E-state index contributed by atoms with van der Waals surface area (Å²) in [5.74, 6) is -0.295. The monoisotopic (exact) mass is 531 g/mol. The van der Waals surface area contributed by atoms with Crippen molar-refractivity contribution in [1.29, 1.82) is 5.26 Å². The van der Waals surface area contributed by atoms with Crippen molar-refractivity contribution in [3.05, 3.63) is 76.5 Å². The largest absolute Gasteiger partial charge is 0.383 e. The molecule has 196 valence electrons. The summed E-state index contributed by atoms with van der Waals surface area (Å²) in [6.45, 7) is 7.21. The van der Waals surface area contributed by atoms with Crippen LogP contribution >= 0.6 is 11.6 Å². The number of halogens is 2. The Morgan fingerprint density at radius 2 is 2.00 bits per heavy atom. The lowest BCUT2D eigenvalue weighted by atomic mass is 9.69. The Morgan fingerprint density at radius 3 is 2.66 bits per heavy atom. The van der Waals surface area contributed by atoms with Crippen LogP contribution in [0, 0.1) is 22.6 Å². The van der Waals surface area contributed by atoms with Crippen molar-refractivity contribution >= 4 is 41.7 Å². The standard InChI is InChI=1S/C28H32BClFN7/c1-4-27(2,3)16-34-25-17(13-32)14-33-26-22(25)11-20(12-23(26)30)35-28(29,18-5-7-19(31)8-6-18)24-15-38(37-36-24)21-9-10-21/h5-8,11-12,14-15,21,35-37H,4,9-10,16,29H2,1-3H3,(H,33,34). The van der Waals surface area contributed by atoms with E-state index in [1.807, 2.05) is 20.0 Å². The first-order valence-electron chi connectivity index (χ1n) is 13.0. The zero-order valence-electron chi connectivity index (χ0n) is 22.1. The van der Waals surface area contributed by atoms with Crippen molar-refractivity contribution in [3.8, 4) is 6.07 Å². The number of hydrogen-bond donors (Lipinski definition) is 4. The van der Waals surface area contributed by atoms with E-state index in [1.54, 1.807) is 18.3 Å². The van der Waals surface area contributed by atoms with Crippen molar-refractivity contribution in [2.75, 3.05) is 17.2 Å². The van der Waals surface area contributed by atoms with E-state index >= 15 is 0 Å². The third-order valence-electron chi connectivity index (χ3n) is 7.63. The van der Waals surface area contributed by atoms with Gasteiger partial charge in [-0.05, 0) is 54.5 Å². The van der Waals surface area contributed by atoms with Crippen molar-refractivity contribution in [1.82, 2.24) is 21.0 Å². The average molecular weight is 532 g/mol. The first-order chi connectivity index (χ1) is 18.1. The number of nitrogens with one attached hydrogen (secondary N) is 4. The highest BCUT2D eigenvalue weighted by molar-refractivity contribution is 6.36. The molecule has 7 nitrogen and oxygen atoms in total. The zero-order valence-corrected chi connectivity index (χ0v) is 22.9. The van der Waals surface area contributed by atoms with E-state index < -0.39 is 5.44 Å². The van der Waals surface area contributed by atoms with Crippen LogP contribution in [0.3, 0.4) is 0 Å². The third-order valence-corrected chi connectivity index (χ3v) is 7.92. The predicted molar refractivity (Wildman–Crippen MR) is 153 cm³/mol. The Balaban J connectivity index is 1.59. The summed E-state index contributed by atoms with van der Waals surface area (Å²) < 4.78 is 13.9. The van der Waals surface area contributed by atoms with E-state index in [2.05, 4.69) is 64.6 Å². The van der Waals surface area contributed by atoms with Gasteiger partial charge in [0.1, 0.15) is 19.7 Å². The highest BCUT2D eigenvalue weighted by Gasteiger charge is 2.38. The molecule has 0 amide bonds. The number of hydrazine groups is 2. The molecular weight excluding hydrogens is 500 g/mol. The number of aromatic nitrogens is 1. The highest BCUT2D eigenvalue weighted by Crippen LogP contribution is 2.38. The van der Waals surface area contributed by atoms with Gasteiger partial charge in [-0.25, -0.2) is 4.39 Å². The number of hydrogen-bond acceptors (Lipinski definition) is 7. The summed E-state index contributed by atoms with van der Waals surface area (Å²) in [7, 11) is 2.04. The van der Waals surface area contributed by atoms with Crippen molar-refractivity contribution in [2.45, 2.75) is 51.5 Å². The lowest BCUT2D eigenvalue weighted by molar-refractivity contribution is 0.260. The zero-order chi connectivity index (χ0) is 27.1. The summed E-state index contributed by atoms with van der Waals surface area (Å²) in [5.41, 5.74) is 10.1. The van der Waals surface area contributed by atoms with E-state index in [9.17, 15) is 9.65 Å². The molecule has 1 unspecified atom stereocenters. The summed E-state index contributed by atoms with van der Waals surface area (Å²) in [4.78, 5) is 4.49. The summed E-state index contributed by atoms with van der Waals surface area (Å²) in [5, 5.41) is 20.3. The summed E-state index contributed by atoms with van der Waals surface area (Å²) in [6, 6.07) is 13.0. The molecule has 3 aromatic rings. The average Bonchev–Trinajstić information content (AvgIpc) is 3.63. The molecule has 4 N–H and O–H groups in total. The van der Waals surface area contributed by atoms with Gasteiger partial charge in [0.05, 0.1) is 32.9 Å². The minimum absolute atomic E-state index is 0.0458. The van der Waals surface area contributed by atoms with Crippen LogP contribution in [0.25, 0.3) is 10.9 Å². The van der Waals surface area contributed by atoms with Gasteiger partial charge in [-0.2, -0.15) is 5.26 Å². The molecule has 1 atom stereocenters. The van der Waals surface area contributed by atoms with Crippen LogP contribution in [-0.4, -0.2) is 30.4 Å². The van der Waals surface area contributed by atoms with Crippen LogP contribution in [0.5, 0.6) is 0 Å². The molecule has 2 aliphatic rings. The van der Waals surface area contributed by atoms with Crippen molar-refractivity contribution in [3.63, 3.8) is 0 Å². The number of benzene rings is 2. The van der Waals surface area contributed by atoms with Gasteiger partial charge in [0.2, 0.25) is 0 Å². The quantitative estimate of drug-likeness (QED) is 0.290. The summed E-state index contributed by atoms with van der Waals surface area (Å²) in [6.07, 6.45) is 6.89. The molecule has 0 spiro atoms. The minimum atomic E-state index is -0.751. The van der Waals surface area contributed by atoms with Crippen LogP contribution < -0.4 is 21.6 Å². The van der Waals surface area contributed by atoms with Crippen LogP contribution in [0.15, 0.2) is 54.5 Å². The normalized spacial score (nSPS) is 16.9. The molecule has 0 radical (unpaired) electrons. The Labute approximate surface area is 228 Å². The number of rotatable bonds is 9. The fourth-order valence-electron chi connectivity index (χ4n) is 4.56. The number of nitriles is 1. The Morgan fingerprint density at radius 1 is 1.26 bits per heavy atom. The molecule has 2 heterocycles. The van der Waals surface area contributed by atoms with Gasteiger partial charge in [-0.3, -0.25) is 9.99 Å². The Bertz CT molecular complexity index is 1430. The maximum absolute atomic E-state index is 13.9. The van der Waals surface area contributed by atoms with Gasteiger partial charge >= 0.3 is 0 Å². The predicted octanol–water partition coefficient (Wildman–Crippen LogP) is 4.97. The molecule has 0 bridgehead atoms. The van der Waals surface area contributed by atoms with Crippen LogP contribution in [0.2, 0.25) is 5.02 Å². The van der Waals surface area contributed by atoms with Crippen molar-refractivity contribution in [2.24, 2.45) is 5.41 Å². The fourth-order valence-corrected chi connectivity index (χ4v) is 4.83. The molecule has 1 saturated carbocycles. The third kappa shape index (κ3) is 5.11. The molecule has 0 saturated heterocycles. The minimum Gasteiger partial charge on any atom is -0.383 e. The molecule has 1 aromatic heterocycles. The lowest BCUT2D eigenvalue weighted by Crippen LogP contribution is -2.45. The van der Waals surface area contributed by atoms with Gasteiger partial charge in [-0.15, -0.1) is 5.53 Å². The second-order valence-corrected chi connectivity index (χ2v) is 11.5. The number of pyridine rings is 1. The summed E-state index contributed by atoms with van der Waals surface area (Å²) >= 11 is 6.76. The smallest absolute Gasteiger partial charge is 0.148 e. The van der Waals surface area contributed by atoms with Gasteiger partial charge in [0, 0.05) is 36.1 Å². The maximum atomic E-state index is 13.9. The van der Waals surface area contributed by atoms with E-state index in [1.165, 1.54) is 12.1 Å². The molecule has 1 aliphatic carbocycles. The Kier molecular flexibility index (Phi) is 6.89. The first-order valence-corrected chi connectivity index (χ1v) is 13.3. The lowest BCUT2D eigenvalue weighted by Gasteiger charge is -2.34. The van der Waals surface area contributed by atoms with Crippen LogP contribution in [-0.2, 0) is 5.44 Å². The van der Waals surface area contributed by atoms with Crippen molar-refractivity contribution < 1.29 is 4.39 Å². The van der Waals surface area contributed by atoms with Gasteiger partial charge in [0.25, 0.3) is 0 Å². The van der Waals surface area contributed by atoms with E-state index in [0.717, 1.165) is 41.6 Å². The first kappa shape index (κ1) is 26.1. The van der Waals surface area contributed by atoms with E-state index in [4.69, 9.17) is 11.6 Å². The maximum Gasteiger partial charge on any atom is 0.148 e. The number of anilines is 2. The molecular formula is C28H32BClFN7. The fraction of sp³-hybridized carbons (Fsp3) is 0.357. The molecule has 38 heavy (non-hydrogen) atoms. The topological polar surface area (TPSA) is 88.0 Å². The highest BCUT2D eigenvalue weighted by atomic mass is 35.5. The van der Waals surface area contributed by atoms with Gasteiger partial charge in [0.15, 0.2) is 0 Å². The second kappa shape index (κ2) is 10.0. The molecule has 2 aromatic carbocycles. The molecule has 10 heteroatoms. The number of fused-ring (bicyclic) bond motifs is 1. The number of nitrogens with zero attached hydrogens (tertiary/aromatic N) is 3. The van der Waals surface area contributed by atoms with E-state index in [-0.39, 0.29) is 11.2 Å². The van der Waals surface area contributed by atoms with Gasteiger partial charge < -0.3 is 16.1 Å². The Hall–Kier alpha value is -3.48. The second-order valence-electron chi connectivity index (χ2n) is 11.1. The van der Waals surface area contributed by atoms with Gasteiger partial charge in [-0.1, -0.05) is 44.5 Å². The SMILES string of the molecule is BC(Nc1cc(Cl)c2ncc(C#N)c(NCC(C)(C)CC)c2c1)(C1=CN(C2CC2)NN1)c1ccc(F)cc1.